The van der Waals surface area contributed by atoms with Crippen LogP contribution in [0.5, 0.6) is 0 Å². The minimum Gasteiger partial charge on any atom is -0.378 e. The first kappa shape index (κ1) is 11.6. The summed E-state index contributed by atoms with van der Waals surface area (Å²) in [5.41, 5.74) is 0.594. The summed E-state index contributed by atoms with van der Waals surface area (Å²) in [5, 5.41) is 3.77. The third kappa shape index (κ3) is 2.82. The second-order valence-electron chi connectivity index (χ2n) is 3.83. The number of ether oxygens (including phenoxy) is 1. The Morgan fingerprint density at radius 3 is 3.00 bits per heavy atom. The zero-order valence-corrected chi connectivity index (χ0v) is 9.67. The van der Waals surface area contributed by atoms with Crippen LogP contribution in [-0.4, -0.2) is 31.6 Å². The maximum atomic E-state index is 12.0. The SMILES string of the molecule is O=C(CC1COCCN1)c1ccccc1Cl. The van der Waals surface area contributed by atoms with Gasteiger partial charge < -0.3 is 10.1 Å². The van der Waals surface area contributed by atoms with E-state index in [1.165, 1.54) is 0 Å². The number of morpholine rings is 1. The molecule has 0 aromatic heterocycles. The first-order valence-electron chi connectivity index (χ1n) is 5.36. The summed E-state index contributed by atoms with van der Waals surface area (Å²) in [4.78, 5) is 12.0. The number of benzene rings is 1. The molecule has 1 atom stereocenters. The van der Waals surface area contributed by atoms with E-state index in [9.17, 15) is 4.79 Å². The summed E-state index contributed by atoms with van der Waals surface area (Å²) in [5.74, 6) is 0.0635. The Bertz CT molecular complexity index is 375. The molecule has 3 nitrogen and oxygen atoms in total. The van der Waals surface area contributed by atoms with Crippen molar-refractivity contribution in [2.45, 2.75) is 12.5 Å². The van der Waals surface area contributed by atoms with Gasteiger partial charge in [0.05, 0.1) is 18.2 Å². The van der Waals surface area contributed by atoms with E-state index < -0.39 is 0 Å². The zero-order chi connectivity index (χ0) is 11.4. The van der Waals surface area contributed by atoms with Crippen LogP contribution in [0.15, 0.2) is 24.3 Å². The van der Waals surface area contributed by atoms with E-state index in [-0.39, 0.29) is 11.8 Å². The van der Waals surface area contributed by atoms with E-state index in [0.29, 0.717) is 23.6 Å². The lowest BCUT2D eigenvalue weighted by Crippen LogP contribution is -2.42. The van der Waals surface area contributed by atoms with Gasteiger partial charge in [0.15, 0.2) is 5.78 Å². The van der Waals surface area contributed by atoms with Crippen LogP contribution in [0, 0.1) is 0 Å². The highest BCUT2D eigenvalue weighted by atomic mass is 35.5. The first-order chi connectivity index (χ1) is 7.77. The van der Waals surface area contributed by atoms with Crippen molar-refractivity contribution in [3.8, 4) is 0 Å². The minimum absolute atomic E-state index is 0.0635. The van der Waals surface area contributed by atoms with E-state index >= 15 is 0 Å². The van der Waals surface area contributed by atoms with Crippen molar-refractivity contribution >= 4 is 17.4 Å². The van der Waals surface area contributed by atoms with E-state index in [2.05, 4.69) is 5.32 Å². The quantitative estimate of drug-likeness (QED) is 0.819. The summed E-state index contributed by atoms with van der Waals surface area (Å²) < 4.78 is 5.30. The fraction of sp³-hybridized carbons (Fsp3) is 0.417. The van der Waals surface area contributed by atoms with Crippen molar-refractivity contribution in [2.24, 2.45) is 0 Å². The van der Waals surface area contributed by atoms with Gasteiger partial charge in [-0.1, -0.05) is 23.7 Å². The van der Waals surface area contributed by atoms with Gasteiger partial charge in [0.2, 0.25) is 0 Å². The van der Waals surface area contributed by atoms with Crippen molar-refractivity contribution in [1.29, 1.82) is 0 Å². The van der Waals surface area contributed by atoms with Gasteiger partial charge in [-0.3, -0.25) is 4.79 Å². The fourth-order valence-electron chi connectivity index (χ4n) is 1.77. The summed E-state index contributed by atoms with van der Waals surface area (Å²) in [6, 6.07) is 7.25. The van der Waals surface area contributed by atoms with Gasteiger partial charge in [0.25, 0.3) is 0 Å². The Hall–Kier alpha value is -0.900. The summed E-state index contributed by atoms with van der Waals surface area (Å²) >= 11 is 5.96. The Balaban J connectivity index is 2.00. The van der Waals surface area contributed by atoms with Crippen LogP contribution in [0.3, 0.4) is 0 Å². The second kappa shape index (κ2) is 5.43. The fourth-order valence-corrected chi connectivity index (χ4v) is 2.01. The molecule has 1 aromatic rings. The van der Waals surface area contributed by atoms with Crippen LogP contribution in [-0.2, 0) is 4.74 Å². The van der Waals surface area contributed by atoms with Crippen molar-refractivity contribution in [3.05, 3.63) is 34.9 Å². The molecule has 1 aromatic carbocycles. The van der Waals surface area contributed by atoms with Crippen molar-refractivity contribution in [2.75, 3.05) is 19.8 Å². The van der Waals surface area contributed by atoms with Crippen LogP contribution in [0.25, 0.3) is 0 Å². The van der Waals surface area contributed by atoms with Gasteiger partial charge >= 0.3 is 0 Å². The number of hydrogen-bond donors (Lipinski definition) is 1. The van der Waals surface area contributed by atoms with Gasteiger partial charge in [-0.2, -0.15) is 0 Å². The molecule has 1 unspecified atom stereocenters. The first-order valence-corrected chi connectivity index (χ1v) is 5.74. The lowest BCUT2D eigenvalue weighted by Gasteiger charge is -2.23. The zero-order valence-electron chi connectivity index (χ0n) is 8.91. The highest BCUT2D eigenvalue weighted by Gasteiger charge is 2.18. The third-order valence-corrected chi connectivity index (χ3v) is 2.93. The molecule has 16 heavy (non-hydrogen) atoms. The van der Waals surface area contributed by atoms with Crippen LogP contribution in [0.4, 0.5) is 0 Å². The summed E-state index contributed by atoms with van der Waals surface area (Å²) in [7, 11) is 0. The number of carbonyl (C=O) groups is 1. The number of Topliss-reactive ketones (excluding diaryl/α,β-unsaturated/α-hetero) is 1. The summed E-state index contributed by atoms with van der Waals surface area (Å²) in [6.45, 7) is 2.12. The van der Waals surface area contributed by atoms with Crippen molar-refractivity contribution in [1.82, 2.24) is 5.32 Å². The molecule has 0 bridgehead atoms. The van der Waals surface area contributed by atoms with E-state index in [4.69, 9.17) is 16.3 Å². The Morgan fingerprint density at radius 1 is 1.50 bits per heavy atom. The molecule has 1 saturated heterocycles. The molecule has 0 radical (unpaired) electrons. The molecule has 0 amide bonds. The largest absolute Gasteiger partial charge is 0.378 e. The lowest BCUT2D eigenvalue weighted by atomic mass is 10.0. The highest BCUT2D eigenvalue weighted by molar-refractivity contribution is 6.33. The molecule has 1 aliphatic heterocycles. The number of ketones is 1. The highest BCUT2D eigenvalue weighted by Crippen LogP contribution is 2.17. The average Bonchev–Trinajstić information content (AvgIpc) is 2.31. The van der Waals surface area contributed by atoms with Crippen LogP contribution >= 0.6 is 11.6 Å². The lowest BCUT2D eigenvalue weighted by molar-refractivity contribution is 0.0676. The molecule has 86 valence electrons. The Labute approximate surface area is 99.7 Å². The Morgan fingerprint density at radius 2 is 2.31 bits per heavy atom. The molecule has 2 rings (SSSR count). The topological polar surface area (TPSA) is 38.3 Å². The van der Waals surface area contributed by atoms with E-state index in [0.717, 1.165) is 13.2 Å². The van der Waals surface area contributed by atoms with Gasteiger partial charge in [-0.15, -0.1) is 0 Å². The standard InChI is InChI=1S/C12H14ClNO2/c13-11-4-2-1-3-10(11)12(15)7-9-8-16-6-5-14-9/h1-4,9,14H,5-8H2. The van der Waals surface area contributed by atoms with Gasteiger partial charge in [0.1, 0.15) is 0 Å². The number of hydrogen-bond acceptors (Lipinski definition) is 3. The van der Waals surface area contributed by atoms with E-state index in [1.54, 1.807) is 12.1 Å². The predicted molar refractivity (Wildman–Crippen MR) is 63.0 cm³/mol. The number of rotatable bonds is 3. The van der Waals surface area contributed by atoms with Gasteiger partial charge in [-0.05, 0) is 12.1 Å². The number of carbonyl (C=O) groups excluding carboxylic acids is 1. The molecule has 1 N–H and O–H groups in total. The normalized spacial score (nSPS) is 20.7. The van der Waals surface area contributed by atoms with E-state index in [1.807, 2.05) is 12.1 Å². The monoisotopic (exact) mass is 239 g/mol. The van der Waals surface area contributed by atoms with Crippen LogP contribution in [0.1, 0.15) is 16.8 Å². The molecule has 0 aliphatic carbocycles. The molecule has 0 saturated carbocycles. The molecule has 4 heteroatoms. The smallest absolute Gasteiger partial charge is 0.166 e. The molecular weight excluding hydrogens is 226 g/mol. The molecule has 1 aliphatic rings. The average molecular weight is 240 g/mol. The molecular formula is C12H14ClNO2. The molecule has 0 spiro atoms. The van der Waals surface area contributed by atoms with Crippen LogP contribution in [0.2, 0.25) is 5.02 Å². The maximum absolute atomic E-state index is 12.0. The van der Waals surface area contributed by atoms with Gasteiger partial charge in [0, 0.05) is 24.6 Å². The minimum atomic E-state index is 0.0635. The van der Waals surface area contributed by atoms with Crippen molar-refractivity contribution < 1.29 is 9.53 Å². The predicted octanol–water partition coefficient (Wildman–Crippen LogP) is 1.90. The number of halogens is 1. The molecule has 1 fully saturated rings. The van der Waals surface area contributed by atoms with Crippen LogP contribution < -0.4 is 5.32 Å². The van der Waals surface area contributed by atoms with Gasteiger partial charge in [-0.25, -0.2) is 0 Å². The Kier molecular flexibility index (Phi) is 3.93. The number of nitrogens with one attached hydrogen (secondary N) is 1. The summed E-state index contributed by atoms with van der Waals surface area (Å²) in [6.07, 6.45) is 0.434. The second-order valence-corrected chi connectivity index (χ2v) is 4.24. The van der Waals surface area contributed by atoms with Crippen molar-refractivity contribution in [3.63, 3.8) is 0 Å². The molecule has 1 heterocycles. The maximum Gasteiger partial charge on any atom is 0.166 e. The third-order valence-electron chi connectivity index (χ3n) is 2.60.